The fourth-order valence-corrected chi connectivity index (χ4v) is 3.57. The monoisotopic (exact) mass is 509 g/mol. The molecular formula is C20H28IN7O. The summed E-state index contributed by atoms with van der Waals surface area (Å²) < 4.78 is 7.05. The molecule has 1 saturated heterocycles. The van der Waals surface area contributed by atoms with Crippen molar-refractivity contribution in [2.24, 2.45) is 12.0 Å². The van der Waals surface area contributed by atoms with Crippen molar-refractivity contribution in [1.29, 1.82) is 0 Å². The zero-order valence-electron chi connectivity index (χ0n) is 16.9. The van der Waals surface area contributed by atoms with Crippen LogP contribution in [0, 0.1) is 0 Å². The lowest BCUT2D eigenvalue weighted by molar-refractivity contribution is 0.169. The maximum absolute atomic E-state index is 4.93. The van der Waals surface area contributed by atoms with Crippen molar-refractivity contribution in [3.05, 3.63) is 48.1 Å². The molecular weight excluding hydrogens is 481 g/mol. The first-order valence-electron chi connectivity index (χ1n) is 9.80. The summed E-state index contributed by atoms with van der Waals surface area (Å²) in [6.07, 6.45) is 1.63. The Labute approximate surface area is 188 Å². The van der Waals surface area contributed by atoms with Gasteiger partial charge in [0.05, 0.1) is 16.7 Å². The zero-order chi connectivity index (χ0) is 19.3. The summed E-state index contributed by atoms with van der Waals surface area (Å²) in [7, 11) is 2.05. The number of rotatable bonds is 5. The van der Waals surface area contributed by atoms with E-state index in [4.69, 9.17) is 14.5 Å². The maximum atomic E-state index is 4.93. The van der Waals surface area contributed by atoms with E-state index in [1.54, 1.807) is 6.26 Å². The number of hydrogen-bond donors (Lipinski definition) is 1. The smallest absolute Gasteiger partial charge is 0.194 e. The van der Waals surface area contributed by atoms with Gasteiger partial charge in [-0.2, -0.15) is 0 Å². The van der Waals surface area contributed by atoms with Crippen LogP contribution in [0.1, 0.15) is 18.4 Å². The minimum absolute atomic E-state index is 0. The Morgan fingerprint density at radius 1 is 1.17 bits per heavy atom. The molecule has 3 aromatic rings. The number of aryl methyl sites for hydroxylation is 1. The van der Waals surface area contributed by atoms with Gasteiger partial charge in [0, 0.05) is 52.4 Å². The van der Waals surface area contributed by atoms with Gasteiger partial charge in [0.2, 0.25) is 0 Å². The van der Waals surface area contributed by atoms with Crippen LogP contribution in [-0.2, 0) is 20.1 Å². The molecule has 1 aliphatic heterocycles. The number of guanidine groups is 1. The second kappa shape index (κ2) is 10.1. The lowest BCUT2D eigenvalue weighted by Gasteiger charge is -2.36. The average molecular weight is 509 g/mol. The van der Waals surface area contributed by atoms with Crippen molar-refractivity contribution in [2.45, 2.75) is 20.0 Å². The van der Waals surface area contributed by atoms with E-state index in [0.717, 1.165) is 67.8 Å². The third-order valence-electron chi connectivity index (χ3n) is 5.13. The van der Waals surface area contributed by atoms with Crippen LogP contribution < -0.4 is 5.32 Å². The fraction of sp³-hybridized carbons (Fsp3) is 0.450. The van der Waals surface area contributed by atoms with Crippen molar-refractivity contribution in [2.75, 3.05) is 32.7 Å². The standard InChI is InChI=1S/C20H27N7O.HI/c1-3-21-20(22-14-19-23-17-6-4-5-7-18(17)25(19)2)27-11-9-26(10-12-27)15-16-8-13-28-24-16;/h4-8,13H,3,9-12,14-15H2,1-2H3,(H,21,22);1H. The van der Waals surface area contributed by atoms with E-state index in [1.807, 2.05) is 24.3 Å². The summed E-state index contributed by atoms with van der Waals surface area (Å²) in [4.78, 5) is 14.3. The molecule has 0 saturated carbocycles. The van der Waals surface area contributed by atoms with Crippen LogP contribution in [0.2, 0.25) is 0 Å². The van der Waals surface area contributed by atoms with Gasteiger partial charge in [0.25, 0.3) is 0 Å². The number of piperazine rings is 1. The Morgan fingerprint density at radius 3 is 2.66 bits per heavy atom. The molecule has 29 heavy (non-hydrogen) atoms. The Morgan fingerprint density at radius 2 is 1.97 bits per heavy atom. The highest BCUT2D eigenvalue weighted by Gasteiger charge is 2.20. The Balaban J connectivity index is 0.00000240. The molecule has 0 unspecified atom stereocenters. The van der Waals surface area contributed by atoms with Gasteiger partial charge < -0.3 is 19.3 Å². The van der Waals surface area contributed by atoms with Crippen molar-refractivity contribution in [3.63, 3.8) is 0 Å². The summed E-state index contributed by atoms with van der Waals surface area (Å²) in [5.41, 5.74) is 3.14. The number of para-hydroxylation sites is 2. The van der Waals surface area contributed by atoms with Gasteiger partial charge in [-0.05, 0) is 19.1 Å². The minimum Gasteiger partial charge on any atom is -0.364 e. The normalized spacial score (nSPS) is 15.5. The highest BCUT2D eigenvalue weighted by Crippen LogP contribution is 2.15. The van der Waals surface area contributed by atoms with Crippen molar-refractivity contribution < 1.29 is 4.52 Å². The van der Waals surface area contributed by atoms with E-state index in [-0.39, 0.29) is 24.0 Å². The molecule has 0 radical (unpaired) electrons. The Bertz CT molecular complexity index is 930. The van der Waals surface area contributed by atoms with Gasteiger partial charge in [0.1, 0.15) is 18.6 Å². The highest BCUT2D eigenvalue weighted by atomic mass is 127. The largest absolute Gasteiger partial charge is 0.364 e. The molecule has 0 amide bonds. The predicted molar refractivity (Wildman–Crippen MR) is 124 cm³/mol. The summed E-state index contributed by atoms with van der Waals surface area (Å²) in [5.74, 6) is 1.93. The number of hydrogen-bond acceptors (Lipinski definition) is 5. The molecule has 4 rings (SSSR count). The number of fused-ring (bicyclic) bond motifs is 1. The van der Waals surface area contributed by atoms with Gasteiger partial charge in [0.15, 0.2) is 5.96 Å². The Hall–Kier alpha value is -2.14. The summed E-state index contributed by atoms with van der Waals surface area (Å²) in [5, 5.41) is 7.44. The molecule has 9 heteroatoms. The van der Waals surface area contributed by atoms with Gasteiger partial charge in [-0.1, -0.05) is 17.3 Å². The molecule has 2 aromatic heterocycles. The number of nitrogens with zero attached hydrogens (tertiary/aromatic N) is 6. The molecule has 0 bridgehead atoms. The molecule has 3 heterocycles. The van der Waals surface area contributed by atoms with E-state index in [1.165, 1.54) is 0 Å². The summed E-state index contributed by atoms with van der Waals surface area (Å²) in [6.45, 7) is 8.17. The fourth-order valence-electron chi connectivity index (χ4n) is 3.57. The van der Waals surface area contributed by atoms with Crippen LogP contribution in [0.15, 0.2) is 46.1 Å². The van der Waals surface area contributed by atoms with Crippen molar-refractivity contribution >= 4 is 41.0 Å². The van der Waals surface area contributed by atoms with E-state index >= 15 is 0 Å². The van der Waals surface area contributed by atoms with Crippen LogP contribution in [0.5, 0.6) is 0 Å². The minimum atomic E-state index is 0. The first-order valence-corrected chi connectivity index (χ1v) is 9.80. The van der Waals surface area contributed by atoms with E-state index in [9.17, 15) is 0 Å². The first kappa shape index (κ1) is 21.6. The summed E-state index contributed by atoms with van der Waals surface area (Å²) in [6, 6.07) is 10.1. The molecule has 0 atom stereocenters. The molecule has 1 fully saturated rings. The average Bonchev–Trinajstić information content (AvgIpc) is 3.34. The SMILES string of the molecule is CCNC(=NCc1nc2ccccc2n1C)N1CCN(Cc2ccon2)CC1.I. The third-order valence-corrected chi connectivity index (χ3v) is 5.13. The van der Waals surface area contributed by atoms with Gasteiger partial charge >= 0.3 is 0 Å². The van der Waals surface area contributed by atoms with Crippen LogP contribution >= 0.6 is 24.0 Å². The molecule has 8 nitrogen and oxygen atoms in total. The van der Waals surface area contributed by atoms with Crippen LogP contribution in [0.3, 0.4) is 0 Å². The lowest BCUT2D eigenvalue weighted by atomic mass is 10.3. The quantitative estimate of drug-likeness (QED) is 0.324. The van der Waals surface area contributed by atoms with Gasteiger partial charge in [-0.3, -0.25) is 4.90 Å². The van der Waals surface area contributed by atoms with E-state index < -0.39 is 0 Å². The third kappa shape index (κ3) is 5.08. The number of aromatic nitrogens is 3. The number of aliphatic imine (C=N–C) groups is 1. The number of imidazole rings is 1. The van der Waals surface area contributed by atoms with Gasteiger partial charge in [-0.15, -0.1) is 24.0 Å². The van der Waals surface area contributed by atoms with Crippen molar-refractivity contribution in [1.82, 2.24) is 29.8 Å². The second-order valence-electron chi connectivity index (χ2n) is 7.00. The topological polar surface area (TPSA) is 74.7 Å². The zero-order valence-corrected chi connectivity index (χ0v) is 19.2. The summed E-state index contributed by atoms with van der Waals surface area (Å²) >= 11 is 0. The van der Waals surface area contributed by atoms with Crippen LogP contribution in [0.4, 0.5) is 0 Å². The van der Waals surface area contributed by atoms with E-state index in [0.29, 0.717) is 6.54 Å². The molecule has 1 aliphatic rings. The predicted octanol–water partition coefficient (Wildman–Crippen LogP) is 2.46. The number of halogens is 1. The van der Waals surface area contributed by atoms with Crippen molar-refractivity contribution in [3.8, 4) is 0 Å². The molecule has 0 aliphatic carbocycles. The first-order chi connectivity index (χ1) is 13.7. The molecule has 1 N–H and O–H groups in total. The molecule has 0 spiro atoms. The Kier molecular flexibility index (Phi) is 7.48. The molecule has 156 valence electrons. The second-order valence-corrected chi connectivity index (χ2v) is 7.00. The number of benzene rings is 1. The number of nitrogens with one attached hydrogen (secondary N) is 1. The van der Waals surface area contributed by atoms with Crippen LogP contribution in [0.25, 0.3) is 11.0 Å². The lowest BCUT2D eigenvalue weighted by Crippen LogP contribution is -2.52. The van der Waals surface area contributed by atoms with Crippen LogP contribution in [-0.4, -0.2) is 63.2 Å². The maximum Gasteiger partial charge on any atom is 0.194 e. The van der Waals surface area contributed by atoms with Gasteiger partial charge in [-0.25, -0.2) is 9.98 Å². The molecule has 1 aromatic carbocycles. The highest BCUT2D eigenvalue weighted by molar-refractivity contribution is 14.0. The van der Waals surface area contributed by atoms with E-state index in [2.05, 4.69) is 44.9 Å².